The van der Waals surface area contributed by atoms with Gasteiger partial charge in [-0.3, -0.25) is 9.59 Å². The summed E-state index contributed by atoms with van der Waals surface area (Å²) in [6.45, 7) is 4.61. The Morgan fingerprint density at radius 2 is 1.83 bits per heavy atom. The molecule has 2 aromatic rings. The van der Waals surface area contributed by atoms with Crippen LogP contribution < -0.4 is 24.8 Å². The van der Waals surface area contributed by atoms with Crippen LogP contribution >= 0.6 is 0 Å². The quantitative estimate of drug-likeness (QED) is 0.157. The maximum Gasteiger partial charge on any atom is 0.427 e. The van der Waals surface area contributed by atoms with E-state index in [9.17, 15) is 45.3 Å². The van der Waals surface area contributed by atoms with E-state index in [0.717, 1.165) is 4.90 Å². The molecule has 1 unspecified atom stereocenters. The number of fused-ring (bicyclic) bond motifs is 3. The highest BCUT2D eigenvalue weighted by atomic mass is 32.2. The van der Waals surface area contributed by atoms with Crippen LogP contribution in [-0.2, 0) is 24.3 Å². The molecular weight excluding hydrogens is 819 g/mol. The maximum absolute atomic E-state index is 14.8. The number of carbonyl (C=O) groups is 3. The van der Waals surface area contributed by atoms with Gasteiger partial charge in [-0.2, -0.15) is 13.2 Å². The number of hydrogen-bond acceptors (Lipinski definition) is 12. The normalized spacial score (nSPS) is 30.2. The summed E-state index contributed by atoms with van der Waals surface area (Å²) in [4.78, 5) is 65.5. The molecule has 3 fully saturated rings. The fraction of sp³-hybridized carbons (Fsp3) is 0.667. The van der Waals surface area contributed by atoms with Crippen LogP contribution in [0.2, 0.25) is 0 Å². The maximum atomic E-state index is 14.8. The molecule has 1 saturated heterocycles. The Morgan fingerprint density at radius 1 is 1.12 bits per heavy atom. The van der Waals surface area contributed by atoms with Crippen molar-refractivity contribution in [1.82, 2.24) is 30.2 Å². The second-order valence-corrected chi connectivity index (χ2v) is 19.3. The number of methoxy groups -OCH3 is 1. The van der Waals surface area contributed by atoms with Gasteiger partial charge in [0.15, 0.2) is 0 Å². The fourth-order valence-corrected chi connectivity index (χ4v) is 9.52. The highest BCUT2D eigenvalue weighted by Gasteiger charge is 2.71. The fourth-order valence-electron chi connectivity index (χ4n) is 8.00. The lowest BCUT2D eigenvalue weighted by molar-refractivity contribution is -0.244. The molecule has 4 aliphatic rings. The lowest BCUT2D eigenvalue weighted by Crippen LogP contribution is -2.59. The molecule has 2 saturated carbocycles. The summed E-state index contributed by atoms with van der Waals surface area (Å²) in [7, 11) is -2.76. The van der Waals surface area contributed by atoms with Gasteiger partial charge in [-0.15, -0.1) is 4.91 Å². The van der Waals surface area contributed by atoms with Gasteiger partial charge < -0.3 is 29.7 Å². The first kappa shape index (κ1) is 44.9. The number of alkyl carbamates (subject to hydrolysis) is 1. The smallest absolute Gasteiger partial charge is 0.427 e. The molecule has 21 heteroatoms. The van der Waals surface area contributed by atoms with Crippen molar-refractivity contribution in [2.24, 2.45) is 17.0 Å². The molecule has 16 nitrogen and oxygen atoms in total. The molecule has 1 aromatic carbocycles. The van der Waals surface area contributed by atoms with Crippen molar-refractivity contribution in [2.45, 2.75) is 125 Å². The van der Waals surface area contributed by atoms with Gasteiger partial charge >= 0.3 is 12.3 Å². The SMILES string of the molecule is COc1ccc2nc(C)c(O[C@@H]3CC4C(=O)N[C@]5(CNS(=O)(=O)C6(CF)CC6)C[C@@]5(N=O)/C=C\CC[C@@H](C)C[C@@H](C)[C@H](NC(=O)OC(C)(C)C(F)(F)F)C(=O)N4C3)nc2c1. The first-order valence-corrected chi connectivity index (χ1v) is 21.3. The van der Waals surface area contributed by atoms with Crippen molar-refractivity contribution in [3.05, 3.63) is 41.0 Å². The average Bonchev–Trinajstić information content (AvgIpc) is 4.06. The van der Waals surface area contributed by atoms with Crippen molar-refractivity contribution in [3.63, 3.8) is 0 Å². The van der Waals surface area contributed by atoms with Crippen molar-refractivity contribution < 1.29 is 54.6 Å². The Kier molecular flexibility index (Phi) is 12.2. The van der Waals surface area contributed by atoms with Crippen LogP contribution in [0, 0.1) is 23.7 Å². The second kappa shape index (κ2) is 16.3. The molecule has 3 N–H and O–H groups in total. The molecule has 3 amide bonds. The second-order valence-electron chi connectivity index (χ2n) is 17.2. The standard InChI is InChI=1S/C39H51F4N7O9S/c1-22-9-7-8-12-37(49-54)19-38(37,21-44-60(55,56)36(20-40)13-14-36)48-31(51)29-17-26(58-32-24(3)45-27-11-10-25(57-6)16-28(27)46-32)18-50(29)33(52)30(23(2)15-22)47-34(53)59-35(4,5)39(41,42)43/h8,10-12,16,22-23,26,29-30,44H,7,9,13-15,17-21H2,1-6H3,(H,47,53)(H,48,51)/b12-8-/t22-,23-,26-,29?,30+,37+,38+/m1/s1. The van der Waals surface area contributed by atoms with E-state index < -0.39 is 92.9 Å². The molecule has 2 aliphatic heterocycles. The minimum absolute atomic E-state index is 0.0791. The van der Waals surface area contributed by atoms with Crippen LogP contribution in [0.1, 0.15) is 78.3 Å². The number of halogens is 4. The molecule has 6 rings (SSSR count). The van der Waals surface area contributed by atoms with E-state index in [2.05, 4.69) is 30.5 Å². The zero-order chi connectivity index (χ0) is 44.1. The Bertz CT molecular complexity index is 2150. The van der Waals surface area contributed by atoms with Crippen LogP contribution in [0.25, 0.3) is 11.0 Å². The van der Waals surface area contributed by atoms with Gasteiger partial charge in [-0.05, 0) is 76.8 Å². The predicted octanol–water partition coefficient (Wildman–Crippen LogP) is 4.93. The summed E-state index contributed by atoms with van der Waals surface area (Å²) < 4.78 is 98.9. The monoisotopic (exact) mass is 869 g/mol. The molecule has 330 valence electrons. The number of amides is 3. The molecule has 3 heterocycles. The number of sulfonamides is 1. The number of hydrogen-bond donors (Lipinski definition) is 3. The van der Waals surface area contributed by atoms with Gasteiger partial charge in [0.2, 0.25) is 33.3 Å². The number of benzene rings is 1. The molecule has 2 aliphatic carbocycles. The number of carbonyl (C=O) groups excluding carboxylic acids is 3. The Labute approximate surface area is 345 Å². The number of aryl methyl sites for hydroxylation is 1. The molecule has 60 heavy (non-hydrogen) atoms. The number of aromatic nitrogens is 2. The summed E-state index contributed by atoms with van der Waals surface area (Å²) in [6, 6.07) is 2.19. The largest absolute Gasteiger partial charge is 0.497 e. The first-order valence-electron chi connectivity index (χ1n) is 19.8. The summed E-state index contributed by atoms with van der Waals surface area (Å²) >= 11 is 0. The number of allylic oxidation sites excluding steroid dienone is 1. The van der Waals surface area contributed by atoms with Crippen LogP contribution in [0.15, 0.2) is 35.5 Å². The zero-order valence-electron chi connectivity index (χ0n) is 34.2. The summed E-state index contributed by atoms with van der Waals surface area (Å²) in [5.74, 6) is -1.90. The Hall–Kier alpha value is -4.66. The van der Waals surface area contributed by atoms with Crippen LogP contribution in [-0.4, -0.2) is 114 Å². The zero-order valence-corrected chi connectivity index (χ0v) is 35.0. The van der Waals surface area contributed by atoms with Crippen molar-refractivity contribution in [2.75, 3.05) is 26.9 Å². The minimum Gasteiger partial charge on any atom is -0.497 e. The number of nitrogens with zero attached hydrogens (tertiary/aromatic N) is 4. The molecule has 7 atom stereocenters. The highest BCUT2D eigenvalue weighted by molar-refractivity contribution is 7.91. The van der Waals surface area contributed by atoms with Gasteiger partial charge in [-0.1, -0.05) is 31.2 Å². The minimum atomic E-state index is -4.94. The van der Waals surface area contributed by atoms with Gasteiger partial charge in [-0.25, -0.2) is 32.3 Å². The van der Waals surface area contributed by atoms with E-state index in [0.29, 0.717) is 55.6 Å². The Balaban J connectivity index is 1.37. The van der Waals surface area contributed by atoms with Gasteiger partial charge in [0.1, 0.15) is 46.6 Å². The van der Waals surface area contributed by atoms with Crippen molar-refractivity contribution >= 4 is 39.0 Å². The van der Waals surface area contributed by atoms with Gasteiger partial charge in [0, 0.05) is 25.5 Å². The summed E-state index contributed by atoms with van der Waals surface area (Å²) in [5.41, 5.74) is -4.80. The molecular formula is C39H51F4N7O9S. The third-order valence-corrected chi connectivity index (χ3v) is 14.4. The van der Waals surface area contributed by atoms with Crippen molar-refractivity contribution in [1.29, 1.82) is 0 Å². The third-order valence-electron chi connectivity index (χ3n) is 12.2. The lowest BCUT2D eigenvalue weighted by atomic mass is 9.88. The summed E-state index contributed by atoms with van der Waals surface area (Å²) in [5, 5.41) is 8.52. The summed E-state index contributed by atoms with van der Waals surface area (Å²) in [6.07, 6.45) is -3.07. The van der Waals surface area contributed by atoms with E-state index in [4.69, 9.17) is 14.2 Å². The molecule has 0 radical (unpaired) electrons. The predicted molar refractivity (Wildman–Crippen MR) is 209 cm³/mol. The number of nitrogens with one attached hydrogen (secondary N) is 3. The average molecular weight is 870 g/mol. The van der Waals surface area contributed by atoms with Crippen LogP contribution in [0.4, 0.5) is 22.4 Å². The number of ether oxygens (including phenoxy) is 3. The lowest BCUT2D eigenvalue weighted by Gasteiger charge is -2.34. The number of alkyl halides is 4. The van der Waals surface area contributed by atoms with Gasteiger partial charge in [0.05, 0.1) is 30.2 Å². The van der Waals surface area contributed by atoms with E-state index in [-0.39, 0.29) is 44.0 Å². The van der Waals surface area contributed by atoms with Gasteiger partial charge in [0.25, 0.3) is 0 Å². The number of rotatable bonds is 11. The molecule has 0 spiro atoms. The first-order chi connectivity index (χ1) is 28.0. The van der Waals surface area contributed by atoms with Crippen LogP contribution in [0.5, 0.6) is 11.6 Å². The van der Waals surface area contributed by atoms with E-state index in [1.54, 1.807) is 38.1 Å². The van der Waals surface area contributed by atoms with E-state index >= 15 is 0 Å². The topological polar surface area (TPSA) is 208 Å². The Morgan fingerprint density at radius 3 is 2.47 bits per heavy atom. The molecule has 1 aromatic heterocycles. The molecule has 0 bridgehead atoms. The third kappa shape index (κ3) is 8.73. The van der Waals surface area contributed by atoms with E-state index in [1.165, 1.54) is 13.2 Å². The van der Waals surface area contributed by atoms with E-state index in [1.807, 2.05) is 6.92 Å². The highest BCUT2D eigenvalue weighted by Crippen LogP contribution is 2.53. The number of nitroso groups, excluding NO2 is 1. The van der Waals surface area contributed by atoms with Crippen molar-refractivity contribution in [3.8, 4) is 11.6 Å². The van der Waals surface area contributed by atoms with Crippen LogP contribution in [0.3, 0.4) is 0 Å².